The lowest BCUT2D eigenvalue weighted by molar-refractivity contribution is 0.0741. The summed E-state index contributed by atoms with van der Waals surface area (Å²) in [6, 6.07) is 3.07. The lowest BCUT2D eigenvalue weighted by atomic mass is 10.0. The summed E-state index contributed by atoms with van der Waals surface area (Å²) in [5.41, 5.74) is 8.62. The lowest BCUT2D eigenvalue weighted by Crippen LogP contribution is -2.51. The highest BCUT2D eigenvalue weighted by Gasteiger charge is 2.26. The molecule has 2 rings (SSSR count). The van der Waals surface area contributed by atoms with Crippen LogP contribution in [0.1, 0.15) is 37.4 Å². The van der Waals surface area contributed by atoms with Crippen LogP contribution in [0.15, 0.2) is 18.5 Å². The van der Waals surface area contributed by atoms with Gasteiger partial charge in [-0.05, 0) is 37.5 Å². The summed E-state index contributed by atoms with van der Waals surface area (Å²) < 4.78 is 0. The topological polar surface area (TPSA) is 45.4 Å². The van der Waals surface area contributed by atoms with Crippen molar-refractivity contribution in [2.75, 3.05) is 32.7 Å². The van der Waals surface area contributed by atoms with Crippen molar-refractivity contribution in [1.29, 1.82) is 0 Å². The minimum atomic E-state index is 0.308. The number of piperazine rings is 1. The molecule has 0 aromatic carbocycles. The Labute approximate surface area is 123 Å². The Hall–Kier alpha value is -0.970. The van der Waals surface area contributed by atoms with Gasteiger partial charge in [0.2, 0.25) is 0 Å². The zero-order valence-corrected chi connectivity index (χ0v) is 13.0. The summed E-state index contributed by atoms with van der Waals surface area (Å²) in [5, 5.41) is 0. The Morgan fingerprint density at radius 3 is 2.45 bits per heavy atom. The fraction of sp³-hybridized carbons (Fsp3) is 0.688. The molecule has 1 aromatic rings. The number of hydrogen-bond acceptors (Lipinski definition) is 4. The van der Waals surface area contributed by atoms with E-state index in [-0.39, 0.29) is 0 Å². The molecule has 0 amide bonds. The van der Waals surface area contributed by atoms with Crippen molar-refractivity contribution >= 4 is 0 Å². The average Bonchev–Trinajstić information content (AvgIpc) is 2.50. The van der Waals surface area contributed by atoms with Crippen molar-refractivity contribution in [3.05, 3.63) is 29.6 Å². The quantitative estimate of drug-likeness (QED) is 0.891. The third-order valence-corrected chi connectivity index (χ3v) is 4.67. The summed E-state index contributed by atoms with van der Waals surface area (Å²) in [5.74, 6) is 0. The zero-order chi connectivity index (χ0) is 14.5. The molecule has 0 aliphatic carbocycles. The van der Waals surface area contributed by atoms with E-state index in [1.165, 1.54) is 17.5 Å². The molecule has 20 heavy (non-hydrogen) atoms. The van der Waals surface area contributed by atoms with Crippen LogP contribution in [0.3, 0.4) is 0 Å². The van der Waals surface area contributed by atoms with Crippen molar-refractivity contribution in [1.82, 2.24) is 14.8 Å². The van der Waals surface area contributed by atoms with Gasteiger partial charge in [-0.15, -0.1) is 0 Å². The monoisotopic (exact) mass is 276 g/mol. The van der Waals surface area contributed by atoms with Crippen LogP contribution in [0.5, 0.6) is 0 Å². The number of aryl methyl sites for hydroxylation is 1. The van der Waals surface area contributed by atoms with E-state index in [1.54, 1.807) is 0 Å². The number of nitrogens with two attached hydrogens (primary N) is 1. The Balaban J connectivity index is 2.03. The van der Waals surface area contributed by atoms with Gasteiger partial charge in [-0.1, -0.05) is 6.92 Å². The molecule has 0 spiro atoms. The predicted molar refractivity (Wildman–Crippen MR) is 83.7 cm³/mol. The first-order valence-electron chi connectivity index (χ1n) is 7.76. The summed E-state index contributed by atoms with van der Waals surface area (Å²) >= 11 is 0. The highest BCUT2D eigenvalue weighted by Crippen LogP contribution is 2.24. The van der Waals surface area contributed by atoms with Crippen LogP contribution in [-0.4, -0.2) is 53.5 Å². The minimum Gasteiger partial charge on any atom is -0.329 e. The van der Waals surface area contributed by atoms with Crippen molar-refractivity contribution in [3.8, 4) is 0 Å². The maximum Gasteiger partial charge on any atom is 0.0489 e. The first-order chi connectivity index (χ1) is 9.67. The van der Waals surface area contributed by atoms with Gasteiger partial charge >= 0.3 is 0 Å². The van der Waals surface area contributed by atoms with Gasteiger partial charge in [0, 0.05) is 57.2 Å². The van der Waals surface area contributed by atoms with E-state index in [4.69, 9.17) is 5.73 Å². The van der Waals surface area contributed by atoms with Crippen LogP contribution < -0.4 is 5.73 Å². The number of hydrogen-bond donors (Lipinski definition) is 1. The van der Waals surface area contributed by atoms with Crippen LogP contribution >= 0.6 is 0 Å². The molecule has 1 aromatic heterocycles. The van der Waals surface area contributed by atoms with Gasteiger partial charge in [-0.3, -0.25) is 14.8 Å². The second-order valence-corrected chi connectivity index (χ2v) is 5.81. The van der Waals surface area contributed by atoms with E-state index in [0.29, 0.717) is 18.6 Å². The highest BCUT2D eigenvalue weighted by atomic mass is 15.3. The van der Waals surface area contributed by atoms with Crippen molar-refractivity contribution in [2.45, 2.75) is 39.3 Å². The Kier molecular flexibility index (Phi) is 5.52. The van der Waals surface area contributed by atoms with Gasteiger partial charge in [-0.25, -0.2) is 0 Å². The molecule has 1 fully saturated rings. The van der Waals surface area contributed by atoms with E-state index in [2.05, 4.69) is 41.6 Å². The SMILES string of the molecule is CCC(C)N1CCN(C(CN)c2cnccc2C)CC1. The fourth-order valence-electron chi connectivity index (χ4n) is 3.05. The van der Waals surface area contributed by atoms with Gasteiger partial charge in [0.05, 0.1) is 0 Å². The van der Waals surface area contributed by atoms with Gasteiger partial charge in [0.1, 0.15) is 0 Å². The Bertz CT molecular complexity index is 413. The molecule has 1 saturated heterocycles. The van der Waals surface area contributed by atoms with E-state index < -0.39 is 0 Å². The van der Waals surface area contributed by atoms with E-state index in [0.717, 1.165) is 26.2 Å². The van der Waals surface area contributed by atoms with Crippen LogP contribution in [-0.2, 0) is 0 Å². The maximum atomic E-state index is 6.04. The third-order valence-electron chi connectivity index (χ3n) is 4.67. The number of aromatic nitrogens is 1. The van der Waals surface area contributed by atoms with Crippen molar-refractivity contribution in [3.63, 3.8) is 0 Å². The van der Waals surface area contributed by atoms with Crippen molar-refractivity contribution in [2.24, 2.45) is 5.73 Å². The number of pyridine rings is 1. The first-order valence-corrected chi connectivity index (χ1v) is 7.76. The van der Waals surface area contributed by atoms with Gasteiger partial charge < -0.3 is 5.73 Å². The first kappa shape index (κ1) is 15.4. The molecule has 1 aliphatic rings. The van der Waals surface area contributed by atoms with Crippen LogP contribution in [0.25, 0.3) is 0 Å². The smallest absolute Gasteiger partial charge is 0.0489 e. The second kappa shape index (κ2) is 7.16. The normalized spacial score (nSPS) is 20.8. The van der Waals surface area contributed by atoms with E-state index >= 15 is 0 Å². The molecule has 2 N–H and O–H groups in total. The van der Waals surface area contributed by atoms with E-state index in [1.807, 2.05) is 12.4 Å². The Morgan fingerprint density at radius 1 is 1.25 bits per heavy atom. The minimum absolute atomic E-state index is 0.308. The molecule has 0 saturated carbocycles. The van der Waals surface area contributed by atoms with Crippen LogP contribution in [0, 0.1) is 6.92 Å². The zero-order valence-electron chi connectivity index (χ0n) is 13.0. The molecule has 2 atom stereocenters. The Morgan fingerprint density at radius 2 is 1.90 bits per heavy atom. The largest absolute Gasteiger partial charge is 0.329 e. The standard InChI is InChI=1S/C16H28N4/c1-4-14(3)19-7-9-20(10-8-19)16(11-17)15-12-18-6-5-13(15)2/h5-6,12,14,16H,4,7-11,17H2,1-3H3. The summed E-state index contributed by atoms with van der Waals surface area (Å²) in [4.78, 5) is 9.37. The molecular formula is C16H28N4. The number of nitrogens with zero attached hydrogens (tertiary/aromatic N) is 3. The molecule has 1 aliphatic heterocycles. The second-order valence-electron chi connectivity index (χ2n) is 5.81. The van der Waals surface area contributed by atoms with Gasteiger partial charge in [0.15, 0.2) is 0 Å². The molecular weight excluding hydrogens is 248 g/mol. The summed E-state index contributed by atoms with van der Waals surface area (Å²) in [7, 11) is 0. The van der Waals surface area contributed by atoms with Crippen LogP contribution in [0.4, 0.5) is 0 Å². The van der Waals surface area contributed by atoms with E-state index in [9.17, 15) is 0 Å². The molecule has 2 unspecified atom stereocenters. The fourth-order valence-corrected chi connectivity index (χ4v) is 3.05. The maximum absolute atomic E-state index is 6.04. The number of rotatable bonds is 5. The molecule has 2 heterocycles. The average molecular weight is 276 g/mol. The molecule has 4 heteroatoms. The molecule has 4 nitrogen and oxygen atoms in total. The highest BCUT2D eigenvalue weighted by molar-refractivity contribution is 5.25. The molecule has 112 valence electrons. The molecule has 0 radical (unpaired) electrons. The lowest BCUT2D eigenvalue weighted by Gasteiger charge is -2.41. The predicted octanol–water partition coefficient (Wildman–Crippen LogP) is 1.81. The molecule has 0 bridgehead atoms. The van der Waals surface area contributed by atoms with Crippen molar-refractivity contribution < 1.29 is 0 Å². The summed E-state index contributed by atoms with van der Waals surface area (Å²) in [6.07, 6.45) is 5.06. The van der Waals surface area contributed by atoms with Gasteiger partial charge in [-0.2, -0.15) is 0 Å². The van der Waals surface area contributed by atoms with Crippen LogP contribution in [0.2, 0.25) is 0 Å². The summed E-state index contributed by atoms with van der Waals surface area (Å²) in [6.45, 7) is 11.9. The third kappa shape index (κ3) is 3.37. The van der Waals surface area contributed by atoms with Gasteiger partial charge in [0.25, 0.3) is 0 Å².